The van der Waals surface area contributed by atoms with Gasteiger partial charge in [0, 0.05) is 6.21 Å². The fraction of sp³-hybridized carbons (Fsp3) is 0.375. The smallest absolute Gasteiger partial charge is 0.224 e. The largest absolute Gasteiger partial charge is 0.256 e. The first-order valence-corrected chi connectivity index (χ1v) is 4.68. The number of rotatable bonds is 0. The van der Waals surface area contributed by atoms with Crippen LogP contribution in [-0.4, -0.2) is 16.2 Å². The zero-order valence-electron chi connectivity index (χ0n) is 6.96. The van der Waals surface area contributed by atoms with E-state index in [0.717, 1.165) is 12.1 Å². The summed E-state index contributed by atoms with van der Waals surface area (Å²) in [6.45, 7) is 2.07. The molecule has 1 aromatic heterocycles. The van der Waals surface area contributed by atoms with Gasteiger partial charge in [-0.25, -0.2) is 9.97 Å². The van der Waals surface area contributed by atoms with Crippen molar-refractivity contribution in [2.24, 2.45) is 10.9 Å². The predicted molar refractivity (Wildman–Crippen MR) is 53.1 cm³/mol. The van der Waals surface area contributed by atoms with E-state index in [1.54, 1.807) is 0 Å². The molecule has 13 heavy (non-hydrogen) atoms. The van der Waals surface area contributed by atoms with Gasteiger partial charge in [0.1, 0.15) is 5.69 Å². The van der Waals surface area contributed by atoms with Gasteiger partial charge in [-0.15, -0.1) is 0 Å². The third-order valence-electron chi connectivity index (χ3n) is 1.86. The summed E-state index contributed by atoms with van der Waals surface area (Å²) in [5.41, 5.74) is 1.49. The summed E-state index contributed by atoms with van der Waals surface area (Å²) < 4.78 is 0. The lowest BCUT2D eigenvalue weighted by atomic mass is 10.0. The van der Waals surface area contributed by atoms with E-state index in [0.29, 0.717) is 16.8 Å². The molecule has 1 aliphatic heterocycles. The SMILES string of the molecule is CC1C=Nc2c(Cl)nc(Cl)nc2C1. The van der Waals surface area contributed by atoms with Gasteiger partial charge in [0.15, 0.2) is 5.15 Å². The Morgan fingerprint density at radius 2 is 2.15 bits per heavy atom. The summed E-state index contributed by atoms with van der Waals surface area (Å²) in [7, 11) is 0. The van der Waals surface area contributed by atoms with Gasteiger partial charge in [0.25, 0.3) is 0 Å². The second-order valence-electron chi connectivity index (χ2n) is 3.04. The standard InChI is InChI=1S/C8H7Cl2N3/c1-4-2-5-6(11-3-4)7(9)13-8(10)12-5/h3-4H,2H2,1H3. The van der Waals surface area contributed by atoms with Crippen LogP contribution in [0.25, 0.3) is 0 Å². The Labute approximate surface area is 85.8 Å². The lowest BCUT2D eigenvalue weighted by Crippen LogP contribution is -2.08. The molecule has 0 aliphatic carbocycles. The van der Waals surface area contributed by atoms with E-state index < -0.39 is 0 Å². The summed E-state index contributed by atoms with van der Waals surface area (Å²) in [5.74, 6) is 0.384. The minimum atomic E-state index is 0.188. The molecule has 0 saturated heterocycles. The highest BCUT2D eigenvalue weighted by Crippen LogP contribution is 2.31. The van der Waals surface area contributed by atoms with Crippen LogP contribution in [0.3, 0.4) is 0 Å². The zero-order valence-corrected chi connectivity index (χ0v) is 8.47. The number of nitrogens with zero attached hydrogens (tertiary/aromatic N) is 3. The van der Waals surface area contributed by atoms with Crippen LogP contribution in [0.15, 0.2) is 4.99 Å². The van der Waals surface area contributed by atoms with Crippen molar-refractivity contribution in [2.45, 2.75) is 13.3 Å². The highest BCUT2D eigenvalue weighted by molar-refractivity contribution is 6.33. The van der Waals surface area contributed by atoms with Crippen LogP contribution in [0.4, 0.5) is 5.69 Å². The van der Waals surface area contributed by atoms with Crippen molar-refractivity contribution in [1.29, 1.82) is 0 Å². The van der Waals surface area contributed by atoms with Crippen molar-refractivity contribution in [2.75, 3.05) is 0 Å². The highest BCUT2D eigenvalue weighted by Gasteiger charge is 2.17. The maximum atomic E-state index is 5.85. The quantitative estimate of drug-likeness (QED) is 0.493. The molecule has 1 atom stereocenters. The third-order valence-corrected chi connectivity index (χ3v) is 2.29. The van der Waals surface area contributed by atoms with Gasteiger partial charge in [-0.05, 0) is 23.9 Å². The topological polar surface area (TPSA) is 38.1 Å². The molecule has 3 nitrogen and oxygen atoms in total. The normalized spacial score (nSPS) is 20.1. The number of hydrogen-bond donors (Lipinski definition) is 0. The van der Waals surface area contributed by atoms with Crippen molar-refractivity contribution in [3.8, 4) is 0 Å². The Morgan fingerprint density at radius 1 is 1.38 bits per heavy atom. The fourth-order valence-electron chi connectivity index (χ4n) is 1.27. The maximum absolute atomic E-state index is 5.85. The summed E-state index contributed by atoms with van der Waals surface area (Å²) in [6, 6.07) is 0. The average Bonchev–Trinajstić information content (AvgIpc) is 2.02. The van der Waals surface area contributed by atoms with Crippen LogP contribution in [0.2, 0.25) is 10.4 Å². The van der Waals surface area contributed by atoms with E-state index in [2.05, 4.69) is 21.9 Å². The Morgan fingerprint density at radius 3 is 2.92 bits per heavy atom. The van der Waals surface area contributed by atoms with Crippen molar-refractivity contribution < 1.29 is 0 Å². The number of halogens is 2. The van der Waals surface area contributed by atoms with Gasteiger partial charge < -0.3 is 0 Å². The van der Waals surface area contributed by atoms with Gasteiger partial charge in [-0.2, -0.15) is 0 Å². The summed E-state index contributed by atoms with van der Waals surface area (Å²) in [5, 5.41) is 0.520. The van der Waals surface area contributed by atoms with E-state index in [4.69, 9.17) is 23.2 Å². The molecule has 5 heteroatoms. The molecule has 0 aromatic carbocycles. The van der Waals surface area contributed by atoms with Crippen molar-refractivity contribution in [3.63, 3.8) is 0 Å². The minimum Gasteiger partial charge on any atom is -0.256 e. The molecule has 0 spiro atoms. The molecule has 0 saturated carbocycles. The number of aliphatic imine (C=N–C) groups is 1. The summed E-state index contributed by atoms with van der Waals surface area (Å²) in [6.07, 6.45) is 2.67. The monoisotopic (exact) mass is 215 g/mol. The van der Waals surface area contributed by atoms with Crippen molar-refractivity contribution in [1.82, 2.24) is 9.97 Å². The Balaban J connectivity index is 2.56. The molecule has 0 amide bonds. The van der Waals surface area contributed by atoms with Crippen LogP contribution >= 0.6 is 23.2 Å². The molecule has 2 heterocycles. The highest BCUT2D eigenvalue weighted by atomic mass is 35.5. The molecule has 1 aliphatic rings. The molecule has 0 bridgehead atoms. The first-order valence-electron chi connectivity index (χ1n) is 3.93. The molecular formula is C8H7Cl2N3. The van der Waals surface area contributed by atoms with Gasteiger partial charge in [-0.1, -0.05) is 18.5 Å². The van der Waals surface area contributed by atoms with Gasteiger partial charge >= 0.3 is 0 Å². The minimum absolute atomic E-state index is 0.188. The molecule has 0 radical (unpaired) electrons. The van der Waals surface area contributed by atoms with Crippen LogP contribution < -0.4 is 0 Å². The zero-order chi connectivity index (χ0) is 9.42. The summed E-state index contributed by atoms with van der Waals surface area (Å²) >= 11 is 11.5. The van der Waals surface area contributed by atoms with Gasteiger partial charge in [0.2, 0.25) is 5.28 Å². The number of aromatic nitrogens is 2. The van der Waals surface area contributed by atoms with Crippen LogP contribution in [0.5, 0.6) is 0 Å². The molecule has 1 unspecified atom stereocenters. The number of fused-ring (bicyclic) bond motifs is 1. The Hall–Kier alpha value is -0.670. The predicted octanol–water partition coefficient (Wildman–Crippen LogP) is 2.68. The van der Waals surface area contributed by atoms with E-state index in [1.807, 2.05) is 6.21 Å². The first kappa shape index (κ1) is 8.91. The second kappa shape index (κ2) is 3.24. The van der Waals surface area contributed by atoms with Crippen LogP contribution in [-0.2, 0) is 6.42 Å². The lowest BCUT2D eigenvalue weighted by molar-refractivity contribution is 0.745. The first-order chi connectivity index (χ1) is 6.16. The maximum Gasteiger partial charge on any atom is 0.224 e. The summed E-state index contributed by atoms with van der Waals surface area (Å²) in [4.78, 5) is 12.1. The van der Waals surface area contributed by atoms with Crippen molar-refractivity contribution >= 4 is 35.1 Å². The van der Waals surface area contributed by atoms with E-state index in [9.17, 15) is 0 Å². The molecular weight excluding hydrogens is 209 g/mol. The Kier molecular flexibility index (Phi) is 2.22. The third kappa shape index (κ3) is 1.67. The lowest BCUT2D eigenvalue weighted by Gasteiger charge is -2.13. The van der Waals surface area contributed by atoms with E-state index in [1.165, 1.54) is 0 Å². The average molecular weight is 216 g/mol. The molecule has 2 rings (SSSR count). The fourth-order valence-corrected chi connectivity index (χ4v) is 1.74. The molecule has 68 valence electrons. The molecule has 0 fully saturated rings. The van der Waals surface area contributed by atoms with Crippen LogP contribution in [0, 0.1) is 5.92 Å². The molecule has 1 aromatic rings. The molecule has 0 N–H and O–H groups in total. The number of hydrogen-bond acceptors (Lipinski definition) is 3. The Bertz CT molecular complexity index is 376. The van der Waals surface area contributed by atoms with E-state index in [-0.39, 0.29) is 5.28 Å². The second-order valence-corrected chi connectivity index (χ2v) is 3.73. The van der Waals surface area contributed by atoms with Gasteiger partial charge in [0.05, 0.1) is 5.69 Å². The van der Waals surface area contributed by atoms with Crippen molar-refractivity contribution in [3.05, 3.63) is 16.1 Å². The van der Waals surface area contributed by atoms with Gasteiger partial charge in [-0.3, -0.25) is 4.99 Å². The van der Waals surface area contributed by atoms with E-state index >= 15 is 0 Å². The van der Waals surface area contributed by atoms with Crippen LogP contribution in [0.1, 0.15) is 12.6 Å².